The van der Waals surface area contributed by atoms with E-state index >= 15 is 0 Å². The normalized spacial score (nSPS) is 18.4. The number of carbonyl (C=O) groups excluding carboxylic acids is 1. The van der Waals surface area contributed by atoms with E-state index in [9.17, 15) is 18.0 Å². The van der Waals surface area contributed by atoms with Crippen LogP contribution >= 0.6 is 11.6 Å². The van der Waals surface area contributed by atoms with E-state index < -0.39 is 24.2 Å². The molecule has 30 heavy (non-hydrogen) atoms. The number of fused-ring (bicyclic) bond motifs is 1. The van der Waals surface area contributed by atoms with Crippen LogP contribution in [0.2, 0.25) is 5.02 Å². The van der Waals surface area contributed by atoms with Gasteiger partial charge in [-0.2, -0.15) is 18.3 Å². The van der Waals surface area contributed by atoms with Crippen molar-refractivity contribution in [3.05, 3.63) is 76.4 Å². The second-order valence-corrected chi connectivity index (χ2v) is 7.60. The second-order valence-electron chi connectivity index (χ2n) is 7.19. The minimum Gasteiger partial charge on any atom is -0.363 e. The molecule has 1 aromatic heterocycles. The molecule has 156 valence electrons. The van der Waals surface area contributed by atoms with E-state index in [4.69, 9.17) is 11.6 Å². The summed E-state index contributed by atoms with van der Waals surface area (Å²) in [6.45, 7) is 1.91. The van der Waals surface area contributed by atoms with Gasteiger partial charge in [-0.15, -0.1) is 0 Å². The highest BCUT2D eigenvalue weighted by molar-refractivity contribution is 6.33. The van der Waals surface area contributed by atoms with Gasteiger partial charge in [0.25, 0.3) is 5.91 Å². The molecule has 5 nitrogen and oxygen atoms in total. The highest BCUT2D eigenvalue weighted by Crippen LogP contribution is 2.43. The van der Waals surface area contributed by atoms with Gasteiger partial charge in [-0.05, 0) is 24.6 Å². The van der Waals surface area contributed by atoms with Crippen molar-refractivity contribution in [3.8, 4) is 0 Å². The van der Waals surface area contributed by atoms with Gasteiger partial charge in [-0.1, -0.05) is 53.6 Å². The average molecular weight is 435 g/mol. The number of anilines is 2. The Morgan fingerprint density at radius 1 is 1.20 bits per heavy atom. The summed E-state index contributed by atoms with van der Waals surface area (Å²) in [6.07, 6.45) is -4.74. The number of amides is 1. The molecule has 0 unspecified atom stereocenters. The number of benzene rings is 2. The van der Waals surface area contributed by atoms with Gasteiger partial charge in [0, 0.05) is 12.5 Å². The summed E-state index contributed by atoms with van der Waals surface area (Å²) in [7, 11) is 0. The zero-order valence-corrected chi connectivity index (χ0v) is 16.6. The van der Waals surface area contributed by atoms with Crippen LogP contribution in [0.15, 0.2) is 54.6 Å². The van der Waals surface area contributed by atoms with Crippen molar-refractivity contribution in [2.75, 3.05) is 10.6 Å². The van der Waals surface area contributed by atoms with Crippen LogP contribution in [0.3, 0.4) is 0 Å². The molecule has 0 saturated heterocycles. The van der Waals surface area contributed by atoms with E-state index in [1.807, 2.05) is 19.1 Å². The highest BCUT2D eigenvalue weighted by Gasteiger charge is 2.46. The lowest BCUT2D eigenvalue weighted by molar-refractivity contribution is -0.173. The van der Waals surface area contributed by atoms with Crippen LogP contribution < -0.4 is 10.6 Å². The number of halogens is 4. The maximum absolute atomic E-state index is 13.8. The van der Waals surface area contributed by atoms with E-state index in [2.05, 4.69) is 15.7 Å². The number of para-hydroxylation sites is 1. The fourth-order valence-electron chi connectivity index (χ4n) is 3.45. The maximum atomic E-state index is 13.8. The Labute approximate surface area is 175 Å². The van der Waals surface area contributed by atoms with Crippen LogP contribution in [0.1, 0.15) is 40.1 Å². The third-order valence-corrected chi connectivity index (χ3v) is 5.35. The molecule has 0 bridgehead atoms. The Kier molecular flexibility index (Phi) is 5.19. The number of aryl methyl sites for hydroxylation is 1. The SMILES string of the molecule is Cc1ccc([C@H]2C[C@@H](C(F)(F)F)n3nc(C(=O)Nc4ccccc4Cl)cc3N2)cc1. The first-order valence-corrected chi connectivity index (χ1v) is 9.65. The van der Waals surface area contributed by atoms with E-state index in [0.717, 1.165) is 15.8 Å². The summed E-state index contributed by atoms with van der Waals surface area (Å²) in [5.41, 5.74) is 1.99. The quantitative estimate of drug-likeness (QED) is 0.551. The van der Waals surface area contributed by atoms with Crippen molar-refractivity contribution in [2.45, 2.75) is 31.6 Å². The Morgan fingerprint density at radius 3 is 2.57 bits per heavy atom. The number of carbonyl (C=O) groups is 1. The number of rotatable bonds is 3. The third kappa shape index (κ3) is 4.00. The Bertz CT molecular complexity index is 1080. The number of nitrogens with zero attached hydrogens (tertiary/aromatic N) is 2. The first-order valence-electron chi connectivity index (χ1n) is 9.27. The lowest BCUT2D eigenvalue weighted by Gasteiger charge is -2.33. The van der Waals surface area contributed by atoms with Crippen molar-refractivity contribution in [1.29, 1.82) is 0 Å². The Hall–Kier alpha value is -3.00. The number of aromatic nitrogens is 2. The van der Waals surface area contributed by atoms with E-state index in [0.29, 0.717) is 10.7 Å². The van der Waals surface area contributed by atoms with Crippen molar-refractivity contribution in [3.63, 3.8) is 0 Å². The molecular weight excluding hydrogens is 417 g/mol. The first kappa shape index (κ1) is 20.3. The van der Waals surface area contributed by atoms with Gasteiger partial charge in [0.05, 0.1) is 16.8 Å². The van der Waals surface area contributed by atoms with E-state index in [1.165, 1.54) is 6.07 Å². The average Bonchev–Trinajstić information content (AvgIpc) is 3.13. The summed E-state index contributed by atoms with van der Waals surface area (Å²) in [5.74, 6) is -0.502. The van der Waals surface area contributed by atoms with Crippen LogP contribution in [0, 0.1) is 6.92 Å². The molecule has 9 heteroatoms. The summed E-state index contributed by atoms with van der Waals surface area (Å²) in [4.78, 5) is 12.6. The molecule has 2 heterocycles. The lowest BCUT2D eigenvalue weighted by Crippen LogP contribution is -2.35. The van der Waals surface area contributed by atoms with Crippen LogP contribution in [0.4, 0.5) is 24.7 Å². The smallest absolute Gasteiger partial charge is 0.363 e. The summed E-state index contributed by atoms with van der Waals surface area (Å²) in [6, 6.07) is 12.8. The lowest BCUT2D eigenvalue weighted by atomic mass is 9.96. The van der Waals surface area contributed by atoms with Gasteiger partial charge in [0.2, 0.25) is 0 Å². The van der Waals surface area contributed by atoms with Gasteiger partial charge in [0.15, 0.2) is 11.7 Å². The largest absolute Gasteiger partial charge is 0.410 e. The molecule has 0 saturated carbocycles. The molecule has 1 amide bonds. The molecule has 2 N–H and O–H groups in total. The molecule has 0 aliphatic carbocycles. The van der Waals surface area contributed by atoms with Crippen LogP contribution in [0.5, 0.6) is 0 Å². The van der Waals surface area contributed by atoms with Gasteiger partial charge in [-0.3, -0.25) is 4.79 Å². The minimum absolute atomic E-state index is 0.128. The van der Waals surface area contributed by atoms with Crippen molar-refractivity contribution >= 4 is 29.0 Å². The molecular formula is C21H18ClF3N4O. The first-order chi connectivity index (χ1) is 14.2. The van der Waals surface area contributed by atoms with Crippen molar-refractivity contribution < 1.29 is 18.0 Å². The monoisotopic (exact) mass is 434 g/mol. The van der Waals surface area contributed by atoms with Crippen LogP contribution in [-0.2, 0) is 0 Å². The van der Waals surface area contributed by atoms with Crippen LogP contribution in [-0.4, -0.2) is 21.9 Å². The molecule has 3 aromatic rings. The summed E-state index contributed by atoms with van der Waals surface area (Å²) < 4.78 is 42.2. The molecule has 2 aromatic carbocycles. The number of alkyl halides is 3. The molecule has 1 aliphatic heterocycles. The zero-order chi connectivity index (χ0) is 21.5. The van der Waals surface area contributed by atoms with Gasteiger partial charge in [-0.25, -0.2) is 4.68 Å². The fourth-order valence-corrected chi connectivity index (χ4v) is 3.63. The minimum atomic E-state index is -4.51. The van der Waals surface area contributed by atoms with E-state index in [-0.39, 0.29) is 17.9 Å². The summed E-state index contributed by atoms with van der Waals surface area (Å²) >= 11 is 6.04. The topological polar surface area (TPSA) is 59.0 Å². The van der Waals surface area contributed by atoms with Gasteiger partial charge >= 0.3 is 6.18 Å². The molecule has 0 fully saturated rings. The van der Waals surface area contributed by atoms with Gasteiger partial charge in [0.1, 0.15) is 5.82 Å². The van der Waals surface area contributed by atoms with Crippen LogP contribution in [0.25, 0.3) is 0 Å². The molecule has 0 radical (unpaired) electrons. The Balaban J connectivity index is 1.65. The predicted molar refractivity (Wildman–Crippen MR) is 109 cm³/mol. The molecule has 1 aliphatic rings. The van der Waals surface area contributed by atoms with Gasteiger partial charge < -0.3 is 10.6 Å². The molecule has 2 atom stereocenters. The summed E-state index contributed by atoms with van der Waals surface area (Å²) in [5, 5.41) is 9.93. The predicted octanol–water partition coefficient (Wildman–Crippen LogP) is 5.76. The maximum Gasteiger partial charge on any atom is 0.410 e. The zero-order valence-electron chi connectivity index (χ0n) is 15.9. The molecule has 4 rings (SSSR count). The van der Waals surface area contributed by atoms with Crippen molar-refractivity contribution in [2.24, 2.45) is 0 Å². The number of hydrogen-bond donors (Lipinski definition) is 2. The Morgan fingerprint density at radius 2 is 1.90 bits per heavy atom. The van der Waals surface area contributed by atoms with Crippen molar-refractivity contribution in [1.82, 2.24) is 9.78 Å². The fraction of sp³-hybridized carbons (Fsp3) is 0.238. The third-order valence-electron chi connectivity index (χ3n) is 5.02. The highest BCUT2D eigenvalue weighted by atomic mass is 35.5. The number of hydrogen-bond acceptors (Lipinski definition) is 3. The van der Waals surface area contributed by atoms with E-state index in [1.54, 1.807) is 36.4 Å². The standard InChI is InChI=1S/C21H18ClF3N4O/c1-12-6-8-13(9-7-12)16-10-18(21(23,24)25)29-19(26-16)11-17(28-29)20(30)27-15-5-3-2-4-14(15)22/h2-9,11,16,18,26H,10H2,1H3,(H,27,30)/t16-,18+/m1/s1. The number of nitrogens with one attached hydrogen (secondary N) is 2. The second kappa shape index (κ2) is 7.68. The molecule has 0 spiro atoms.